The normalized spacial score (nSPS) is 8.67. The summed E-state index contributed by atoms with van der Waals surface area (Å²) in [6, 6.07) is 14.8. The minimum atomic E-state index is 0.666. The fraction of sp³-hybridized carbons (Fsp3) is 0. The zero-order chi connectivity index (χ0) is 12.8. The van der Waals surface area contributed by atoms with Crippen LogP contribution in [0.4, 0.5) is 11.4 Å². The summed E-state index contributed by atoms with van der Waals surface area (Å²) in [5.74, 6) is 11.4. The second-order valence-electron chi connectivity index (χ2n) is 3.71. The van der Waals surface area contributed by atoms with Crippen molar-refractivity contribution >= 4 is 11.4 Å². The SMILES string of the molecule is Nc1ccc(C#CC#Cc2ccccc2N)cc1. The highest BCUT2D eigenvalue weighted by Crippen LogP contribution is 2.07. The first kappa shape index (κ1) is 11.6. The molecule has 0 aliphatic rings. The highest BCUT2D eigenvalue weighted by Gasteiger charge is 1.90. The number of rotatable bonds is 0. The number of nitrogen functional groups attached to an aromatic ring is 2. The topological polar surface area (TPSA) is 52.0 Å². The molecule has 0 unspecified atom stereocenters. The molecule has 2 aromatic carbocycles. The lowest BCUT2D eigenvalue weighted by atomic mass is 10.2. The van der Waals surface area contributed by atoms with Crippen LogP contribution < -0.4 is 11.5 Å². The van der Waals surface area contributed by atoms with Crippen LogP contribution in [0.25, 0.3) is 0 Å². The van der Waals surface area contributed by atoms with Crippen LogP contribution in [0.15, 0.2) is 48.5 Å². The highest BCUT2D eigenvalue weighted by molar-refractivity contribution is 5.57. The second kappa shape index (κ2) is 5.48. The van der Waals surface area contributed by atoms with Crippen molar-refractivity contribution in [3.8, 4) is 23.7 Å². The maximum Gasteiger partial charge on any atom is 0.0485 e. The summed E-state index contributed by atoms with van der Waals surface area (Å²) in [6.45, 7) is 0. The third-order valence-electron chi connectivity index (χ3n) is 2.34. The van der Waals surface area contributed by atoms with Gasteiger partial charge in [0.1, 0.15) is 0 Å². The van der Waals surface area contributed by atoms with Crippen LogP contribution in [0.2, 0.25) is 0 Å². The van der Waals surface area contributed by atoms with Crippen LogP contribution in [0, 0.1) is 23.7 Å². The van der Waals surface area contributed by atoms with Gasteiger partial charge in [-0.05, 0) is 48.2 Å². The zero-order valence-electron chi connectivity index (χ0n) is 9.77. The van der Waals surface area contributed by atoms with E-state index >= 15 is 0 Å². The van der Waals surface area contributed by atoms with Gasteiger partial charge < -0.3 is 11.5 Å². The molecule has 18 heavy (non-hydrogen) atoms. The second-order valence-corrected chi connectivity index (χ2v) is 3.71. The predicted molar refractivity (Wildman–Crippen MR) is 75.5 cm³/mol. The van der Waals surface area contributed by atoms with Crippen LogP contribution in [0.3, 0.4) is 0 Å². The van der Waals surface area contributed by atoms with Gasteiger partial charge in [-0.1, -0.05) is 24.0 Å². The van der Waals surface area contributed by atoms with Gasteiger partial charge in [0.2, 0.25) is 0 Å². The van der Waals surface area contributed by atoms with E-state index in [4.69, 9.17) is 11.5 Å². The van der Waals surface area contributed by atoms with Crippen molar-refractivity contribution in [1.29, 1.82) is 0 Å². The van der Waals surface area contributed by atoms with E-state index in [1.54, 1.807) is 0 Å². The van der Waals surface area contributed by atoms with Gasteiger partial charge in [0, 0.05) is 22.5 Å². The highest BCUT2D eigenvalue weighted by atomic mass is 14.5. The molecular formula is C16H12N2. The van der Waals surface area contributed by atoms with Gasteiger partial charge in [-0.25, -0.2) is 0 Å². The third kappa shape index (κ3) is 3.07. The van der Waals surface area contributed by atoms with E-state index < -0.39 is 0 Å². The Kier molecular flexibility index (Phi) is 3.54. The molecule has 2 heteroatoms. The fourth-order valence-corrected chi connectivity index (χ4v) is 1.38. The van der Waals surface area contributed by atoms with Gasteiger partial charge in [-0.2, -0.15) is 0 Å². The molecule has 2 aromatic rings. The average Bonchev–Trinajstić information content (AvgIpc) is 2.39. The van der Waals surface area contributed by atoms with E-state index in [-0.39, 0.29) is 0 Å². The predicted octanol–water partition coefficient (Wildman–Crippen LogP) is 2.25. The van der Waals surface area contributed by atoms with E-state index in [0.717, 1.165) is 16.8 Å². The van der Waals surface area contributed by atoms with Crippen LogP contribution in [-0.2, 0) is 0 Å². The molecule has 0 saturated heterocycles. The number of benzene rings is 2. The minimum Gasteiger partial charge on any atom is -0.399 e. The Hall–Kier alpha value is -2.84. The Morgan fingerprint density at radius 2 is 1.39 bits per heavy atom. The van der Waals surface area contributed by atoms with E-state index in [1.165, 1.54) is 0 Å². The first-order chi connectivity index (χ1) is 8.75. The molecule has 0 atom stereocenters. The maximum absolute atomic E-state index is 5.77. The first-order valence-corrected chi connectivity index (χ1v) is 5.48. The lowest BCUT2D eigenvalue weighted by Crippen LogP contribution is -1.87. The lowest BCUT2D eigenvalue weighted by molar-refractivity contribution is 1.63. The first-order valence-electron chi connectivity index (χ1n) is 5.48. The monoisotopic (exact) mass is 232 g/mol. The Bertz CT molecular complexity index is 662. The van der Waals surface area contributed by atoms with Crippen LogP contribution in [0.5, 0.6) is 0 Å². The Balaban J connectivity index is 2.14. The van der Waals surface area contributed by atoms with Gasteiger partial charge in [0.05, 0.1) is 0 Å². The molecule has 0 amide bonds. The van der Waals surface area contributed by atoms with E-state index in [2.05, 4.69) is 23.7 Å². The van der Waals surface area contributed by atoms with Crippen molar-refractivity contribution in [2.75, 3.05) is 11.5 Å². The van der Waals surface area contributed by atoms with E-state index in [9.17, 15) is 0 Å². The molecule has 86 valence electrons. The van der Waals surface area contributed by atoms with Crippen molar-refractivity contribution in [2.45, 2.75) is 0 Å². The van der Waals surface area contributed by atoms with Gasteiger partial charge in [-0.3, -0.25) is 0 Å². The van der Waals surface area contributed by atoms with Crippen LogP contribution in [0.1, 0.15) is 11.1 Å². The number of hydrogen-bond acceptors (Lipinski definition) is 2. The van der Waals surface area contributed by atoms with Gasteiger partial charge in [-0.15, -0.1) is 0 Å². The van der Waals surface area contributed by atoms with Crippen LogP contribution >= 0.6 is 0 Å². The van der Waals surface area contributed by atoms with Crippen molar-refractivity contribution in [3.63, 3.8) is 0 Å². The summed E-state index contributed by atoms with van der Waals surface area (Å²) in [4.78, 5) is 0. The Morgan fingerprint density at radius 3 is 2.11 bits per heavy atom. The van der Waals surface area contributed by atoms with Gasteiger partial charge in [0.15, 0.2) is 0 Å². The molecule has 0 radical (unpaired) electrons. The van der Waals surface area contributed by atoms with Gasteiger partial charge >= 0.3 is 0 Å². The third-order valence-corrected chi connectivity index (χ3v) is 2.34. The zero-order valence-corrected chi connectivity index (χ0v) is 9.77. The smallest absolute Gasteiger partial charge is 0.0485 e. The quantitative estimate of drug-likeness (QED) is 0.540. The van der Waals surface area contributed by atoms with E-state index in [1.807, 2.05) is 48.5 Å². The Labute approximate surface area is 107 Å². The number of nitrogens with two attached hydrogens (primary N) is 2. The molecule has 0 aliphatic carbocycles. The molecule has 2 rings (SSSR count). The summed E-state index contributed by atoms with van der Waals surface area (Å²) >= 11 is 0. The lowest BCUT2D eigenvalue weighted by Gasteiger charge is -1.93. The van der Waals surface area contributed by atoms with E-state index in [0.29, 0.717) is 5.69 Å². The van der Waals surface area contributed by atoms with Crippen LogP contribution in [-0.4, -0.2) is 0 Å². The van der Waals surface area contributed by atoms with Gasteiger partial charge in [0.25, 0.3) is 0 Å². The molecule has 0 aliphatic heterocycles. The molecule has 0 bridgehead atoms. The summed E-state index contributed by atoms with van der Waals surface area (Å²) < 4.78 is 0. The minimum absolute atomic E-state index is 0.666. The molecule has 0 fully saturated rings. The van der Waals surface area contributed by atoms with Crippen molar-refractivity contribution in [1.82, 2.24) is 0 Å². The number of hydrogen-bond donors (Lipinski definition) is 2. The summed E-state index contributed by atoms with van der Waals surface area (Å²) in [5.41, 5.74) is 14.4. The number of para-hydroxylation sites is 1. The molecule has 4 N–H and O–H groups in total. The molecular weight excluding hydrogens is 220 g/mol. The van der Waals surface area contributed by atoms with Crippen molar-refractivity contribution in [2.24, 2.45) is 0 Å². The fourth-order valence-electron chi connectivity index (χ4n) is 1.38. The van der Waals surface area contributed by atoms with Crippen molar-refractivity contribution < 1.29 is 0 Å². The molecule has 0 saturated carbocycles. The molecule has 0 spiro atoms. The average molecular weight is 232 g/mol. The standard InChI is InChI=1S/C16H12N2/c17-15-11-9-13(10-12-15)5-1-2-6-14-7-3-4-8-16(14)18/h3-4,7-12H,17-18H2. The molecule has 2 nitrogen and oxygen atoms in total. The Morgan fingerprint density at radius 1 is 0.722 bits per heavy atom. The summed E-state index contributed by atoms with van der Waals surface area (Å²) in [6.07, 6.45) is 0. The molecule has 0 aromatic heterocycles. The number of anilines is 2. The van der Waals surface area contributed by atoms with Crippen molar-refractivity contribution in [3.05, 3.63) is 59.7 Å². The summed E-state index contributed by atoms with van der Waals surface area (Å²) in [7, 11) is 0. The maximum atomic E-state index is 5.77. The molecule has 0 heterocycles. The largest absolute Gasteiger partial charge is 0.399 e. The summed E-state index contributed by atoms with van der Waals surface area (Å²) in [5, 5.41) is 0.